The summed E-state index contributed by atoms with van der Waals surface area (Å²) in [6.07, 6.45) is 67.9. The van der Waals surface area contributed by atoms with E-state index in [1.807, 2.05) is 60.8 Å². The van der Waals surface area contributed by atoms with Crippen molar-refractivity contribution in [2.24, 2.45) is 0 Å². The molecule has 0 aromatic heterocycles. The number of rotatable bonds is 44. The fraction of sp³-hybridized carbons (Fsp3) is 0.632. The molecule has 1 unspecified atom stereocenters. The Morgan fingerprint density at radius 1 is 0.349 bits per heavy atom. The molecule has 6 nitrogen and oxygen atoms in total. The molecule has 0 amide bonds. The van der Waals surface area contributed by atoms with Gasteiger partial charge in [-0.1, -0.05) is 233 Å². The summed E-state index contributed by atoms with van der Waals surface area (Å²) in [6, 6.07) is 0. The Kier molecular flexibility index (Phi) is 47.5. The van der Waals surface area contributed by atoms with Gasteiger partial charge in [-0.2, -0.15) is 0 Å². The molecular weight excluding hydrogens is 781 g/mol. The minimum absolute atomic E-state index is 0.0987. The standard InChI is InChI=1S/C57H92O6/c1-4-7-10-13-16-19-21-23-25-27-28-30-31-33-35-38-41-44-47-50-56(59)62-53-54(52-61-55(58)49-46-43-40-37-18-15-12-9-6-3)63-57(60)51-48-45-42-39-36-34-32-29-26-24-22-20-17-14-11-8-5-2/h7-8,10-11,14,16-17,19-20,22-26,29,32,34,36,54H,4-6,9,12-13,15,18,21,27-28,30-31,33,35,37-53H2,1-3H3/b10-7-,11-8-,17-14-,19-16-,22-20-,25-23-,26-24-,32-29+,36-34-. The highest BCUT2D eigenvalue weighted by atomic mass is 16.6. The Morgan fingerprint density at radius 2 is 0.698 bits per heavy atom. The second-order valence-corrected chi connectivity index (χ2v) is 16.5. The number of hydrogen-bond donors (Lipinski definition) is 0. The highest BCUT2D eigenvalue weighted by Gasteiger charge is 2.19. The predicted octanol–water partition coefficient (Wildman–Crippen LogP) is 16.8. The first-order valence-electron chi connectivity index (χ1n) is 25.5. The van der Waals surface area contributed by atoms with Crippen molar-refractivity contribution in [1.29, 1.82) is 0 Å². The summed E-state index contributed by atoms with van der Waals surface area (Å²) in [5, 5.41) is 0. The van der Waals surface area contributed by atoms with Gasteiger partial charge >= 0.3 is 17.9 Å². The molecule has 0 spiro atoms. The number of allylic oxidation sites excluding steroid dienone is 18. The summed E-state index contributed by atoms with van der Waals surface area (Å²) in [4.78, 5) is 37.9. The fourth-order valence-electron chi connectivity index (χ4n) is 6.66. The van der Waals surface area contributed by atoms with Gasteiger partial charge in [0.15, 0.2) is 6.10 Å². The molecule has 0 aliphatic heterocycles. The van der Waals surface area contributed by atoms with Crippen molar-refractivity contribution in [2.45, 2.75) is 219 Å². The Bertz CT molecular complexity index is 1330. The zero-order chi connectivity index (χ0) is 45.8. The molecule has 0 fully saturated rings. The fourth-order valence-corrected chi connectivity index (χ4v) is 6.66. The molecule has 0 N–H and O–H groups in total. The molecule has 1 atom stereocenters. The van der Waals surface area contributed by atoms with E-state index >= 15 is 0 Å². The molecule has 0 saturated carbocycles. The van der Waals surface area contributed by atoms with E-state index in [4.69, 9.17) is 14.2 Å². The summed E-state index contributed by atoms with van der Waals surface area (Å²) in [5.41, 5.74) is 0. The molecular formula is C57H92O6. The van der Waals surface area contributed by atoms with Crippen LogP contribution in [0.15, 0.2) is 109 Å². The van der Waals surface area contributed by atoms with E-state index in [0.29, 0.717) is 19.3 Å². The maximum atomic E-state index is 12.8. The first-order valence-corrected chi connectivity index (χ1v) is 25.5. The third-order valence-corrected chi connectivity index (χ3v) is 10.4. The summed E-state index contributed by atoms with van der Waals surface area (Å²) in [7, 11) is 0. The van der Waals surface area contributed by atoms with Crippen molar-refractivity contribution < 1.29 is 28.6 Å². The van der Waals surface area contributed by atoms with Crippen molar-refractivity contribution >= 4 is 17.9 Å². The average molecular weight is 873 g/mol. The number of esters is 3. The van der Waals surface area contributed by atoms with Crippen LogP contribution < -0.4 is 0 Å². The lowest BCUT2D eigenvalue weighted by Crippen LogP contribution is -2.30. The van der Waals surface area contributed by atoms with Gasteiger partial charge in [-0.3, -0.25) is 14.4 Å². The highest BCUT2D eigenvalue weighted by Crippen LogP contribution is 2.14. The van der Waals surface area contributed by atoms with Gasteiger partial charge in [0.25, 0.3) is 0 Å². The van der Waals surface area contributed by atoms with Crippen LogP contribution in [0.1, 0.15) is 213 Å². The topological polar surface area (TPSA) is 78.9 Å². The van der Waals surface area contributed by atoms with Gasteiger partial charge in [0.1, 0.15) is 13.2 Å². The largest absolute Gasteiger partial charge is 0.462 e. The van der Waals surface area contributed by atoms with Crippen LogP contribution in [0.4, 0.5) is 0 Å². The molecule has 0 aromatic rings. The normalized spacial score (nSPS) is 13.0. The predicted molar refractivity (Wildman–Crippen MR) is 270 cm³/mol. The van der Waals surface area contributed by atoms with Gasteiger partial charge in [-0.05, 0) is 70.6 Å². The number of unbranched alkanes of at least 4 members (excludes halogenated alkanes) is 20. The maximum Gasteiger partial charge on any atom is 0.306 e. The Labute approximate surface area is 387 Å². The Balaban J connectivity index is 4.43. The van der Waals surface area contributed by atoms with E-state index in [1.54, 1.807) is 0 Å². The summed E-state index contributed by atoms with van der Waals surface area (Å²) >= 11 is 0. The van der Waals surface area contributed by atoms with E-state index in [2.05, 4.69) is 69.4 Å². The summed E-state index contributed by atoms with van der Waals surface area (Å²) in [6.45, 7) is 6.31. The van der Waals surface area contributed by atoms with Crippen molar-refractivity contribution in [3.8, 4) is 0 Å². The van der Waals surface area contributed by atoms with Gasteiger partial charge in [0.05, 0.1) is 0 Å². The van der Waals surface area contributed by atoms with Gasteiger partial charge in [0, 0.05) is 19.3 Å². The van der Waals surface area contributed by atoms with Crippen LogP contribution >= 0.6 is 0 Å². The molecule has 0 aliphatic carbocycles. The third kappa shape index (κ3) is 49.0. The maximum absolute atomic E-state index is 12.8. The lowest BCUT2D eigenvalue weighted by atomic mass is 10.1. The first kappa shape index (κ1) is 59.1. The van der Waals surface area contributed by atoms with Gasteiger partial charge in [0.2, 0.25) is 0 Å². The van der Waals surface area contributed by atoms with E-state index in [1.165, 1.54) is 83.5 Å². The van der Waals surface area contributed by atoms with Crippen LogP contribution in [0.3, 0.4) is 0 Å². The zero-order valence-electron chi connectivity index (χ0n) is 40.5. The van der Waals surface area contributed by atoms with Crippen molar-refractivity contribution in [3.05, 3.63) is 109 Å². The second-order valence-electron chi connectivity index (χ2n) is 16.5. The van der Waals surface area contributed by atoms with Gasteiger partial charge in [-0.25, -0.2) is 0 Å². The average Bonchev–Trinajstić information content (AvgIpc) is 3.28. The van der Waals surface area contributed by atoms with E-state index in [0.717, 1.165) is 83.5 Å². The van der Waals surface area contributed by atoms with E-state index in [9.17, 15) is 14.4 Å². The molecule has 0 aliphatic rings. The van der Waals surface area contributed by atoms with Crippen LogP contribution in [0.5, 0.6) is 0 Å². The van der Waals surface area contributed by atoms with E-state index < -0.39 is 6.10 Å². The Morgan fingerprint density at radius 3 is 1.17 bits per heavy atom. The van der Waals surface area contributed by atoms with E-state index in [-0.39, 0.29) is 37.5 Å². The molecule has 0 bridgehead atoms. The van der Waals surface area contributed by atoms with Crippen molar-refractivity contribution in [2.75, 3.05) is 13.2 Å². The SMILES string of the molecule is CC\C=C/C=C\C=C/C=C\C=C\C=C/CCCCCC(=O)OC(COC(=O)CCCCCCCCCCC)COC(=O)CCCCCCCCCCC/C=C\C/C=C\C/C=C\CC. The lowest BCUT2D eigenvalue weighted by Gasteiger charge is -2.18. The Hall–Kier alpha value is -3.93. The van der Waals surface area contributed by atoms with Crippen molar-refractivity contribution in [1.82, 2.24) is 0 Å². The van der Waals surface area contributed by atoms with Crippen LogP contribution in [0.2, 0.25) is 0 Å². The van der Waals surface area contributed by atoms with Gasteiger partial charge < -0.3 is 14.2 Å². The highest BCUT2D eigenvalue weighted by molar-refractivity contribution is 5.71. The minimum atomic E-state index is -0.802. The quantitative estimate of drug-likeness (QED) is 0.0199. The molecule has 0 rings (SSSR count). The first-order chi connectivity index (χ1) is 31.0. The number of hydrogen-bond acceptors (Lipinski definition) is 6. The number of carbonyl (C=O) groups is 3. The van der Waals surface area contributed by atoms with Crippen LogP contribution in [-0.4, -0.2) is 37.2 Å². The van der Waals surface area contributed by atoms with Gasteiger partial charge in [-0.15, -0.1) is 0 Å². The zero-order valence-corrected chi connectivity index (χ0v) is 40.5. The number of ether oxygens (including phenoxy) is 3. The van der Waals surface area contributed by atoms with Crippen LogP contribution in [0.25, 0.3) is 0 Å². The minimum Gasteiger partial charge on any atom is -0.462 e. The second kappa shape index (κ2) is 50.7. The molecule has 0 aromatic carbocycles. The third-order valence-electron chi connectivity index (χ3n) is 10.4. The molecule has 356 valence electrons. The monoisotopic (exact) mass is 873 g/mol. The molecule has 6 heteroatoms. The van der Waals surface area contributed by atoms with Crippen molar-refractivity contribution in [3.63, 3.8) is 0 Å². The number of carbonyl (C=O) groups excluding carboxylic acids is 3. The smallest absolute Gasteiger partial charge is 0.306 e. The van der Waals surface area contributed by atoms with Crippen LogP contribution in [-0.2, 0) is 28.6 Å². The lowest BCUT2D eigenvalue weighted by molar-refractivity contribution is -0.167. The summed E-state index contributed by atoms with van der Waals surface area (Å²) < 4.78 is 16.7. The van der Waals surface area contributed by atoms with Crippen LogP contribution in [0, 0.1) is 0 Å². The molecule has 0 saturated heterocycles. The molecule has 0 heterocycles. The summed E-state index contributed by atoms with van der Waals surface area (Å²) in [5.74, 6) is -0.956. The molecule has 0 radical (unpaired) electrons. The molecule has 63 heavy (non-hydrogen) atoms.